The smallest absolute Gasteiger partial charge is 0.00200 e. The number of hydrogen-bond donors (Lipinski definition) is 1. The van der Waals surface area contributed by atoms with Crippen LogP contribution < -0.4 is 5.32 Å². The van der Waals surface area contributed by atoms with Crippen LogP contribution >= 0.6 is 12.4 Å². The van der Waals surface area contributed by atoms with Gasteiger partial charge in [-0.1, -0.05) is 48.5 Å². The first kappa shape index (κ1) is 17.5. The second-order valence-corrected chi connectivity index (χ2v) is 7.36. The Labute approximate surface area is 152 Å². The van der Waals surface area contributed by atoms with E-state index in [0.29, 0.717) is 5.41 Å². The van der Waals surface area contributed by atoms with E-state index in [1.807, 2.05) is 0 Å². The van der Waals surface area contributed by atoms with Crippen LogP contribution in [0.3, 0.4) is 0 Å². The van der Waals surface area contributed by atoms with Gasteiger partial charge in [0.25, 0.3) is 0 Å². The summed E-state index contributed by atoms with van der Waals surface area (Å²) in [5.74, 6) is 0. The van der Waals surface area contributed by atoms with E-state index in [-0.39, 0.29) is 12.4 Å². The Kier molecular flexibility index (Phi) is 5.63. The van der Waals surface area contributed by atoms with Gasteiger partial charge in [0.2, 0.25) is 0 Å². The van der Waals surface area contributed by atoms with Crippen LogP contribution in [0.25, 0.3) is 0 Å². The van der Waals surface area contributed by atoms with Gasteiger partial charge in [-0.2, -0.15) is 0 Å². The molecular weight excluding hydrogens is 314 g/mol. The highest BCUT2D eigenvalue weighted by Crippen LogP contribution is 2.43. The first-order valence-corrected chi connectivity index (χ1v) is 9.23. The molecule has 1 saturated heterocycles. The summed E-state index contributed by atoms with van der Waals surface area (Å²) >= 11 is 0. The van der Waals surface area contributed by atoms with Crippen molar-refractivity contribution in [3.8, 4) is 0 Å². The van der Waals surface area contributed by atoms with Crippen LogP contribution in [0.1, 0.15) is 47.9 Å². The molecule has 0 unspecified atom stereocenters. The lowest BCUT2D eigenvalue weighted by Crippen LogP contribution is -2.42. The van der Waals surface area contributed by atoms with Gasteiger partial charge >= 0.3 is 0 Å². The highest BCUT2D eigenvalue weighted by atomic mass is 35.5. The molecule has 0 saturated carbocycles. The summed E-state index contributed by atoms with van der Waals surface area (Å²) in [5, 5.41) is 3.54. The summed E-state index contributed by atoms with van der Waals surface area (Å²) in [5.41, 5.74) is 6.76. The minimum Gasteiger partial charge on any atom is -0.317 e. The van der Waals surface area contributed by atoms with E-state index in [2.05, 4.69) is 53.8 Å². The van der Waals surface area contributed by atoms with E-state index in [9.17, 15) is 0 Å². The predicted octanol–water partition coefficient (Wildman–Crippen LogP) is 4.85. The Bertz CT molecular complexity index is 659. The average molecular weight is 342 g/mol. The number of hydrogen-bond acceptors (Lipinski definition) is 1. The molecule has 1 nitrogen and oxygen atoms in total. The predicted molar refractivity (Wildman–Crippen MR) is 104 cm³/mol. The van der Waals surface area contributed by atoms with Gasteiger partial charge in [0.1, 0.15) is 0 Å². The normalized spacial score (nSPS) is 18.7. The summed E-state index contributed by atoms with van der Waals surface area (Å²) < 4.78 is 0. The molecule has 2 aromatic rings. The number of nitrogens with one attached hydrogen (secondary N) is 1. The summed E-state index contributed by atoms with van der Waals surface area (Å²) in [6.45, 7) is 2.38. The lowest BCUT2D eigenvalue weighted by atomic mass is 9.65. The van der Waals surface area contributed by atoms with Gasteiger partial charge in [-0.05, 0) is 85.7 Å². The lowest BCUT2D eigenvalue weighted by molar-refractivity contribution is 0.268. The Balaban J connectivity index is 0.00000169. The van der Waals surface area contributed by atoms with Crippen molar-refractivity contribution in [2.45, 2.75) is 50.4 Å². The van der Waals surface area contributed by atoms with Crippen molar-refractivity contribution in [2.24, 2.45) is 0 Å². The molecule has 2 heteroatoms. The molecule has 2 aromatic carbocycles. The van der Waals surface area contributed by atoms with Crippen molar-refractivity contribution in [1.82, 2.24) is 5.32 Å². The summed E-state index contributed by atoms with van der Waals surface area (Å²) in [6.07, 6.45) is 9.00. The molecule has 1 aliphatic heterocycles. The number of benzene rings is 2. The molecular formula is C22H28ClN. The Hall–Kier alpha value is -1.31. The molecule has 128 valence electrons. The molecule has 1 spiro atoms. The molecule has 2 aliphatic rings. The second kappa shape index (κ2) is 7.72. The van der Waals surface area contributed by atoms with E-state index in [4.69, 9.17) is 0 Å². The molecule has 1 heterocycles. The maximum Gasteiger partial charge on any atom is -0.00200 e. The summed E-state index contributed by atoms with van der Waals surface area (Å²) in [6, 6.07) is 18.2. The van der Waals surface area contributed by atoms with Crippen molar-refractivity contribution < 1.29 is 0 Å². The number of aryl methyl sites for hydroxylation is 3. The molecule has 1 N–H and O–H groups in total. The van der Waals surface area contributed by atoms with E-state index < -0.39 is 0 Å². The quantitative estimate of drug-likeness (QED) is 0.841. The number of rotatable bonds is 3. The average Bonchev–Trinajstić information content (AvgIpc) is 2.62. The number of halogens is 1. The van der Waals surface area contributed by atoms with Crippen molar-refractivity contribution in [3.05, 3.63) is 70.8 Å². The van der Waals surface area contributed by atoms with Crippen LogP contribution in [0.4, 0.5) is 0 Å². The largest absolute Gasteiger partial charge is 0.317 e. The van der Waals surface area contributed by atoms with Crippen LogP contribution in [0, 0.1) is 0 Å². The molecule has 0 amide bonds. The molecule has 1 fully saturated rings. The Morgan fingerprint density at radius 3 is 2.38 bits per heavy atom. The summed E-state index contributed by atoms with van der Waals surface area (Å²) in [4.78, 5) is 0. The van der Waals surface area contributed by atoms with Gasteiger partial charge in [0, 0.05) is 0 Å². The van der Waals surface area contributed by atoms with Gasteiger partial charge < -0.3 is 5.32 Å². The Morgan fingerprint density at radius 2 is 1.58 bits per heavy atom. The zero-order valence-electron chi connectivity index (χ0n) is 14.4. The minimum absolute atomic E-state index is 0. The zero-order chi connectivity index (χ0) is 15.5. The molecule has 0 atom stereocenters. The van der Waals surface area contributed by atoms with Crippen LogP contribution in [-0.4, -0.2) is 13.1 Å². The fourth-order valence-corrected chi connectivity index (χ4v) is 4.64. The monoisotopic (exact) mass is 341 g/mol. The first-order chi connectivity index (χ1) is 11.4. The molecule has 1 aliphatic carbocycles. The third-order valence-corrected chi connectivity index (χ3v) is 5.95. The molecule has 0 aromatic heterocycles. The molecule has 24 heavy (non-hydrogen) atoms. The molecule has 0 bridgehead atoms. The van der Waals surface area contributed by atoms with Gasteiger partial charge in [-0.25, -0.2) is 0 Å². The van der Waals surface area contributed by atoms with Crippen molar-refractivity contribution >= 4 is 12.4 Å². The zero-order valence-corrected chi connectivity index (χ0v) is 15.2. The lowest BCUT2D eigenvalue weighted by Gasteiger charge is -2.42. The van der Waals surface area contributed by atoms with Crippen molar-refractivity contribution in [3.63, 3.8) is 0 Å². The van der Waals surface area contributed by atoms with E-state index in [0.717, 1.165) is 12.8 Å². The third-order valence-electron chi connectivity index (χ3n) is 5.95. The highest BCUT2D eigenvalue weighted by Gasteiger charge is 2.37. The van der Waals surface area contributed by atoms with Crippen LogP contribution in [0.15, 0.2) is 48.5 Å². The fourth-order valence-electron chi connectivity index (χ4n) is 4.64. The van der Waals surface area contributed by atoms with Crippen LogP contribution in [0.2, 0.25) is 0 Å². The van der Waals surface area contributed by atoms with Gasteiger partial charge in [0.15, 0.2) is 0 Å². The SMILES string of the molecule is Cl.c1ccc(CCc2ccc3c(c2)CCCC32CCNCC2)cc1. The standard InChI is InChI=1S/C22H27N.ClH/c1-2-5-18(6-3-1)8-9-19-10-11-21-20(17-19)7-4-12-22(21)13-15-23-16-14-22;/h1-3,5-6,10-11,17,23H,4,7-9,12-16H2;1H. The summed E-state index contributed by atoms with van der Waals surface area (Å²) in [7, 11) is 0. The third kappa shape index (κ3) is 3.53. The highest BCUT2D eigenvalue weighted by molar-refractivity contribution is 5.85. The maximum absolute atomic E-state index is 3.54. The number of fused-ring (bicyclic) bond motifs is 2. The van der Waals surface area contributed by atoms with E-state index in [1.165, 1.54) is 56.3 Å². The fraction of sp³-hybridized carbons (Fsp3) is 0.455. The van der Waals surface area contributed by atoms with Crippen LogP contribution in [-0.2, 0) is 24.7 Å². The Morgan fingerprint density at radius 1 is 0.833 bits per heavy atom. The topological polar surface area (TPSA) is 12.0 Å². The first-order valence-electron chi connectivity index (χ1n) is 9.23. The van der Waals surface area contributed by atoms with E-state index >= 15 is 0 Å². The minimum atomic E-state index is 0. The van der Waals surface area contributed by atoms with E-state index in [1.54, 1.807) is 11.1 Å². The number of piperidine rings is 1. The van der Waals surface area contributed by atoms with Gasteiger partial charge in [-0.3, -0.25) is 0 Å². The maximum atomic E-state index is 3.54. The second-order valence-electron chi connectivity index (χ2n) is 7.36. The molecule has 4 rings (SSSR count). The molecule has 0 radical (unpaired) electrons. The van der Waals surface area contributed by atoms with Gasteiger partial charge in [-0.15, -0.1) is 12.4 Å². The van der Waals surface area contributed by atoms with Crippen molar-refractivity contribution in [2.75, 3.05) is 13.1 Å². The van der Waals surface area contributed by atoms with Gasteiger partial charge in [0.05, 0.1) is 0 Å². The van der Waals surface area contributed by atoms with Crippen molar-refractivity contribution in [1.29, 1.82) is 0 Å². The van der Waals surface area contributed by atoms with Crippen LogP contribution in [0.5, 0.6) is 0 Å².